The summed E-state index contributed by atoms with van der Waals surface area (Å²) >= 11 is 0. The molecule has 10 heavy (non-hydrogen) atoms. The molecule has 0 aromatic heterocycles. The first kappa shape index (κ1) is 12.2. The summed E-state index contributed by atoms with van der Waals surface area (Å²) in [6, 6.07) is 0. The molecule has 0 spiro atoms. The summed E-state index contributed by atoms with van der Waals surface area (Å²) in [4.78, 5) is 23.3. The Balaban J connectivity index is 0. The molecule has 6 heteroatoms. The summed E-state index contributed by atoms with van der Waals surface area (Å²) in [7, 11) is 0. The predicted octanol–water partition coefficient (Wildman–Crippen LogP) is -0.958. The van der Waals surface area contributed by atoms with Crippen LogP contribution >= 0.6 is 0 Å². The predicted molar refractivity (Wildman–Crippen MR) is 27.1 cm³/mol. The summed E-state index contributed by atoms with van der Waals surface area (Å²) in [5.74, 6) is 2.25. The van der Waals surface area contributed by atoms with Crippen LogP contribution < -0.4 is 5.90 Å². The van der Waals surface area contributed by atoms with Crippen LogP contribution in [0.25, 0.3) is 0 Å². The molecule has 0 unspecified atom stereocenters. The zero-order valence-electron chi connectivity index (χ0n) is 4.90. The SMILES string of the molecule is NOC(=O)/C=C\C(=O)O.[Zr]. The summed E-state index contributed by atoms with van der Waals surface area (Å²) < 4.78 is 0. The monoisotopic (exact) mass is 221 g/mol. The van der Waals surface area contributed by atoms with Gasteiger partial charge < -0.3 is 9.94 Å². The van der Waals surface area contributed by atoms with Crippen LogP contribution in [-0.4, -0.2) is 17.0 Å². The van der Waals surface area contributed by atoms with Crippen molar-refractivity contribution < 1.29 is 45.7 Å². The topological polar surface area (TPSA) is 89.6 Å². The summed E-state index contributed by atoms with van der Waals surface area (Å²) in [5.41, 5.74) is 0. The zero-order valence-corrected chi connectivity index (χ0v) is 7.36. The van der Waals surface area contributed by atoms with E-state index >= 15 is 0 Å². The second kappa shape index (κ2) is 6.64. The molecule has 0 fully saturated rings. The van der Waals surface area contributed by atoms with Gasteiger partial charge in [-0.15, -0.1) is 0 Å². The Morgan fingerprint density at radius 1 is 1.40 bits per heavy atom. The summed E-state index contributed by atoms with van der Waals surface area (Å²) in [6.07, 6.45) is 1.34. The van der Waals surface area contributed by atoms with Gasteiger partial charge in [-0.25, -0.2) is 9.59 Å². The Labute approximate surface area is 75.9 Å². The van der Waals surface area contributed by atoms with E-state index in [1.807, 2.05) is 0 Å². The van der Waals surface area contributed by atoms with Crippen molar-refractivity contribution in [3.8, 4) is 0 Å². The molecule has 0 aliphatic rings. The Bertz CT molecular complexity index is 155. The number of hydrogen-bond acceptors (Lipinski definition) is 4. The molecule has 0 heterocycles. The fraction of sp³-hybridized carbons (Fsp3) is 0. The molecule has 0 aromatic carbocycles. The fourth-order valence-corrected chi connectivity index (χ4v) is 0.179. The third-order valence-corrected chi connectivity index (χ3v) is 0.478. The van der Waals surface area contributed by atoms with E-state index in [2.05, 4.69) is 10.7 Å². The summed E-state index contributed by atoms with van der Waals surface area (Å²) in [6.45, 7) is 0. The van der Waals surface area contributed by atoms with Gasteiger partial charge in [-0.1, -0.05) is 0 Å². The van der Waals surface area contributed by atoms with Gasteiger partial charge in [0.05, 0.1) is 0 Å². The first-order chi connectivity index (χ1) is 4.16. The van der Waals surface area contributed by atoms with Crippen molar-refractivity contribution in [3.05, 3.63) is 12.2 Å². The van der Waals surface area contributed by atoms with Crippen molar-refractivity contribution in [2.75, 3.05) is 0 Å². The van der Waals surface area contributed by atoms with Gasteiger partial charge in [0.25, 0.3) is 0 Å². The molecule has 0 rings (SSSR count). The van der Waals surface area contributed by atoms with Gasteiger partial charge in [-0.2, -0.15) is 5.90 Å². The molecule has 0 aliphatic carbocycles. The van der Waals surface area contributed by atoms with Crippen LogP contribution in [0.5, 0.6) is 0 Å². The largest absolute Gasteiger partial charge is 0.478 e. The third kappa shape index (κ3) is 7.52. The quantitative estimate of drug-likeness (QED) is 0.464. The number of carboxylic acid groups (broad SMARTS) is 1. The second-order valence-electron chi connectivity index (χ2n) is 1.11. The van der Waals surface area contributed by atoms with Crippen molar-refractivity contribution in [3.63, 3.8) is 0 Å². The van der Waals surface area contributed by atoms with Gasteiger partial charge in [0, 0.05) is 38.4 Å². The van der Waals surface area contributed by atoms with E-state index in [9.17, 15) is 9.59 Å². The van der Waals surface area contributed by atoms with Gasteiger partial charge in [0.1, 0.15) is 0 Å². The molecule has 3 N–H and O–H groups in total. The average Bonchev–Trinajstić information content (AvgIpc) is 1.83. The molecular formula is C4H5NO4Zr. The van der Waals surface area contributed by atoms with Gasteiger partial charge in [0.2, 0.25) is 0 Å². The van der Waals surface area contributed by atoms with Crippen molar-refractivity contribution in [1.29, 1.82) is 0 Å². The number of carbonyl (C=O) groups excluding carboxylic acids is 1. The number of nitrogens with two attached hydrogens (primary N) is 1. The van der Waals surface area contributed by atoms with E-state index in [-0.39, 0.29) is 26.2 Å². The molecule has 0 aromatic rings. The minimum Gasteiger partial charge on any atom is -0.478 e. The van der Waals surface area contributed by atoms with E-state index in [4.69, 9.17) is 5.11 Å². The first-order valence-corrected chi connectivity index (χ1v) is 1.98. The van der Waals surface area contributed by atoms with E-state index < -0.39 is 11.9 Å². The van der Waals surface area contributed by atoms with Crippen molar-refractivity contribution >= 4 is 11.9 Å². The Hall–Kier alpha value is -0.477. The van der Waals surface area contributed by atoms with Crippen LogP contribution in [0.2, 0.25) is 0 Å². The molecule has 0 saturated heterocycles. The van der Waals surface area contributed by atoms with Gasteiger partial charge in [-0.05, 0) is 0 Å². The molecule has 0 radical (unpaired) electrons. The normalized spacial score (nSPS) is 8.50. The number of carbonyl (C=O) groups is 2. The number of aliphatic carboxylic acids is 1. The fourth-order valence-electron chi connectivity index (χ4n) is 0.179. The van der Waals surface area contributed by atoms with Crippen molar-refractivity contribution in [2.45, 2.75) is 0 Å². The van der Waals surface area contributed by atoms with Crippen molar-refractivity contribution in [2.24, 2.45) is 5.90 Å². The minimum atomic E-state index is -1.22. The number of rotatable bonds is 2. The maximum Gasteiger partial charge on any atom is 0.349 e. The van der Waals surface area contributed by atoms with E-state index in [0.29, 0.717) is 12.2 Å². The van der Waals surface area contributed by atoms with E-state index in [1.165, 1.54) is 0 Å². The van der Waals surface area contributed by atoms with Crippen LogP contribution in [0.15, 0.2) is 12.2 Å². The zero-order chi connectivity index (χ0) is 7.28. The summed E-state index contributed by atoms with van der Waals surface area (Å²) in [5, 5.41) is 7.92. The molecule has 0 saturated carbocycles. The smallest absolute Gasteiger partial charge is 0.349 e. The third-order valence-electron chi connectivity index (χ3n) is 0.478. The molecule has 54 valence electrons. The molecule has 0 bridgehead atoms. The molecule has 0 atom stereocenters. The first-order valence-electron chi connectivity index (χ1n) is 1.98. The van der Waals surface area contributed by atoms with Gasteiger partial charge in [-0.3, -0.25) is 0 Å². The number of carboxylic acids is 1. The molecule has 0 amide bonds. The maximum atomic E-state index is 10.0. The van der Waals surface area contributed by atoms with Crippen LogP contribution in [-0.2, 0) is 40.6 Å². The Morgan fingerprint density at radius 2 is 1.90 bits per heavy atom. The second-order valence-corrected chi connectivity index (χ2v) is 1.11. The molecule has 5 nitrogen and oxygen atoms in total. The van der Waals surface area contributed by atoms with E-state index in [1.54, 1.807) is 0 Å². The van der Waals surface area contributed by atoms with Gasteiger partial charge in [0.15, 0.2) is 0 Å². The van der Waals surface area contributed by atoms with Gasteiger partial charge >= 0.3 is 11.9 Å². The van der Waals surface area contributed by atoms with Crippen LogP contribution in [0.1, 0.15) is 0 Å². The van der Waals surface area contributed by atoms with Crippen LogP contribution in [0, 0.1) is 0 Å². The maximum absolute atomic E-state index is 10.0. The van der Waals surface area contributed by atoms with Crippen molar-refractivity contribution in [1.82, 2.24) is 0 Å². The minimum absolute atomic E-state index is 0. The standard InChI is InChI=1S/C4H5NO4.Zr/c5-9-4(8)2-1-3(6)7;/h1-2H,5H2,(H,6,7);/b2-1-;. The van der Waals surface area contributed by atoms with E-state index in [0.717, 1.165) is 0 Å². The Kier molecular flexibility index (Phi) is 8.12. The molecule has 0 aliphatic heterocycles. The average molecular weight is 222 g/mol. The number of hydrogen-bond donors (Lipinski definition) is 2. The van der Waals surface area contributed by atoms with Crippen LogP contribution in [0.3, 0.4) is 0 Å². The molecular weight excluding hydrogens is 217 g/mol. The van der Waals surface area contributed by atoms with Crippen LogP contribution in [0.4, 0.5) is 0 Å². The Morgan fingerprint density at radius 3 is 2.20 bits per heavy atom.